The molecule has 17 heavy (non-hydrogen) atoms. The van der Waals surface area contributed by atoms with Gasteiger partial charge in [0.25, 0.3) is 5.91 Å². The minimum absolute atomic E-state index is 0.195. The topological polar surface area (TPSA) is 54.4 Å². The minimum atomic E-state index is -0.195. The third-order valence-corrected chi connectivity index (χ3v) is 2.94. The van der Waals surface area contributed by atoms with E-state index >= 15 is 0 Å². The number of nitrogens with one attached hydrogen (secondary N) is 1. The molecule has 0 saturated carbocycles. The van der Waals surface area contributed by atoms with Crippen LogP contribution in [0.1, 0.15) is 20.8 Å². The second-order valence-electron chi connectivity index (χ2n) is 3.43. The van der Waals surface area contributed by atoms with E-state index in [2.05, 4.69) is 15.5 Å². The van der Waals surface area contributed by atoms with Crippen molar-refractivity contribution in [1.29, 1.82) is 0 Å². The van der Waals surface area contributed by atoms with Gasteiger partial charge in [-0.1, -0.05) is 0 Å². The Morgan fingerprint density at radius 1 is 1.47 bits per heavy atom. The van der Waals surface area contributed by atoms with Crippen LogP contribution in [0.25, 0.3) is 0 Å². The molecule has 0 spiro atoms. The van der Waals surface area contributed by atoms with Gasteiger partial charge < -0.3 is 0 Å². The molecular formula is C12H11N3OS. The van der Waals surface area contributed by atoms with Crippen LogP contribution in [-0.4, -0.2) is 17.1 Å². The van der Waals surface area contributed by atoms with Gasteiger partial charge >= 0.3 is 0 Å². The summed E-state index contributed by atoms with van der Waals surface area (Å²) in [6, 6.07) is 5.46. The van der Waals surface area contributed by atoms with Crippen LogP contribution in [0.5, 0.6) is 0 Å². The van der Waals surface area contributed by atoms with E-state index in [-0.39, 0.29) is 5.91 Å². The van der Waals surface area contributed by atoms with E-state index in [4.69, 9.17) is 0 Å². The molecule has 0 bridgehead atoms. The standard InChI is InChI=1S/C12H11N3OS/c1-9-6-11(8-17-9)12(16)15-14-7-10-2-4-13-5-3-10/h2-8H,1H3,(H,15,16). The van der Waals surface area contributed by atoms with Gasteiger partial charge in [0.15, 0.2) is 0 Å². The lowest BCUT2D eigenvalue weighted by Gasteiger charge is -1.95. The quantitative estimate of drug-likeness (QED) is 0.666. The lowest BCUT2D eigenvalue weighted by atomic mass is 10.3. The summed E-state index contributed by atoms with van der Waals surface area (Å²) in [6.07, 6.45) is 4.93. The van der Waals surface area contributed by atoms with Crippen LogP contribution in [0.4, 0.5) is 0 Å². The van der Waals surface area contributed by atoms with Crippen LogP contribution < -0.4 is 5.43 Å². The summed E-state index contributed by atoms with van der Waals surface area (Å²) in [5, 5.41) is 5.69. The Bertz CT molecular complexity index is 534. The second-order valence-corrected chi connectivity index (χ2v) is 4.54. The number of carbonyl (C=O) groups is 1. The van der Waals surface area contributed by atoms with E-state index < -0.39 is 0 Å². The number of hydrogen-bond donors (Lipinski definition) is 1. The fraction of sp³-hybridized carbons (Fsp3) is 0.0833. The highest BCUT2D eigenvalue weighted by atomic mass is 32.1. The van der Waals surface area contributed by atoms with Crippen molar-refractivity contribution in [2.24, 2.45) is 5.10 Å². The molecule has 1 N–H and O–H groups in total. The monoisotopic (exact) mass is 245 g/mol. The molecule has 1 amide bonds. The number of amides is 1. The third kappa shape index (κ3) is 3.22. The number of rotatable bonds is 3. The molecule has 5 heteroatoms. The summed E-state index contributed by atoms with van der Waals surface area (Å²) in [5.74, 6) is -0.195. The van der Waals surface area contributed by atoms with Crippen LogP contribution in [0.3, 0.4) is 0 Å². The lowest BCUT2D eigenvalue weighted by molar-refractivity contribution is 0.0955. The second kappa shape index (κ2) is 5.36. The molecule has 2 heterocycles. The van der Waals surface area contributed by atoms with Gasteiger partial charge in [-0.05, 0) is 30.7 Å². The highest BCUT2D eigenvalue weighted by Crippen LogP contribution is 2.12. The van der Waals surface area contributed by atoms with Gasteiger partial charge in [-0.3, -0.25) is 9.78 Å². The first kappa shape index (κ1) is 11.5. The molecule has 0 aliphatic heterocycles. The van der Waals surface area contributed by atoms with Crippen LogP contribution in [0.2, 0.25) is 0 Å². The molecule has 0 aliphatic carbocycles. The normalized spacial score (nSPS) is 10.6. The van der Waals surface area contributed by atoms with Gasteiger partial charge in [-0.25, -0.2) is 5.43 Å². The summed E-state index contributed by atoms with van der Waals surface area (Å²) in [5.41, 5.74) is 4.01. The number of carbonyl (C=O) groups excluding carboxylic acids is 1. The van der Waals surface area contributed by atoms with E-state index in [1.807, 2.05) is 30.5 Å². The van der Waals surface area contributed by atoms with Gasteiger partial charge in [0.1, 0.15) is 0 Å². The van der Waals surface area contributed by atoms with Gasteiger partial charge in [-0.2, -0.15) is 5.10 Å². The Hall–Kier alpha value is -2.01. The first-order chi connectivity index (χ1) is 8.25. The molecule has 0 saturated heterocycles. The van der Waals surface area contributed by atoms with Gasteiger partial charge in [0, 0.05) is 22.7 Å². The maximum absolute atomic E-state index is 11.6. The lowest BCUT2D eigenvalue weighted by Crippen LogP contribution is -2.16. The summed E-state index contributed by atoms with van der Waals surface area (Å²) in [4.78, 5) is 16.6. The predicted molar refractivity (Wildman–Crippen MR) is 68.4 cm³/mol. The van der Waals surface area contributed by atoms with Crippen molar-refractivity contribution < 1.29 is 4.79 Å². The Kier molecular flexibility index (Phi) is 3.62. The van der Waals surface area contributed by atoms with Gasteiger partial charge in [0.05, 0.1) is 11.8 Å². The maximum atomic E-state index is 11.6. The maximum Gasteiger partial charge on any atom is 0.272 e. The molecule has 2 rings (SSSR count). The molecule has 0 unspecified atom stereocenters. The van der Waals surface area contributed by atoms with E-state index in [9.17, 15) is 4.79 Å². The molecule has 2 aromatic rings. The molecular weight excluding hydrogens is 234 g/mol. The van der Waals surface area contributed by atoms with E-state index in [0.29, 0.717) is 5.56 Å². The Balaban J connectivity index is 1.95. The van der Waals surface area contributed by atoms with Crippen molar-refractivity contribution in [2.75, 3.05) is 0 Å². The number of hydrogen-bond acceptors (Lipinski definition) is 4. The number of hydrazone groups is 1. The fourth-order valence-corrected chi connectivity index (χ4v) is 1.92. The van der Waals surface area contributed by atoms with Gasteiger partial charge in [0.2, 0.25) is 0 Å². The van der Waals surface area contributed by atoms with Crippen molar-refractivity contribution in [3.63, 3.8) is 0 Å². The Labute approximate surface area is 103 Å². The third-order valence-electron chi connectivity index (χ3n) is 2.08. The van der Waals surface area contributed by atoms with E-state index in [1.54, 1.807) is 29.9 Å². The number of aromatic nitrogens is 1. The summed E-state index contributed by atoms with van der Waals surface area (Å²) in [7, 11) is 0. The van der Waals surface area contributed by atoms with Crippen LogP contribution >= 0.6 is 11.3 Å². The fourth-order valence-electron chi connectivity index (χ4n) is 1.24. The molecule has 0 aliphatic rings. The Morgan fingerprint density at radius 2 is 2.24 bits per heavy atom. The zero-order valence-corrected chi connectivity index (χ0v) is 10.1. The van der Waals surface area contributed by atoms with Crippen molar-refractivity contribution in [1.82, 2.24) is 10.4 Å². The van der Waals surface area contributed by atoms with Crippen LogP contribution in [0, 0.1) is 6.92 Å². The number of aryl methyl sites for hydroxylation is 1. The number of thiophene rings is 1. The molecule has 0 fully saturated rings. The highest BCUT2D eigenvalue weighted by molar-refractivity contribution is 7.10. The summed E-state index contributed by atoms with van der Waals surface area (Å²) < 4.78 is 0. The zero-order valence-electron chi connectivity index (χ0n) is 9.25. The summed E-state index contributed by atoms with van der Waals surface area (Å²) >= 11 is 1.54. The average Bonchev–Trinajstić information content (AvgIpc) is 2.77. The molecule has 86 valence electrons. The minimum Gasteiger partial charge on any atom is -0.267 e. The first-order valence-corrected chi connectivity index (χ1v) is 5.92. The zero-order chi connectivity index (χ0) is 12.1. The average molecular weight is 245 g/mol. The highest BCUT2D eigenvalue weighted by Gasteiger charge is 2.05. The van der Waals surface area contributed by atoms with Crippen molar-refractivity contribution in [3.05, 3.63) is 52.0 Å². The van der Waals surface area contributed by atoms with E-state index in [1.165, 1.54) is 0 Å². The largest absolute Gasteiger partial charge is 0.272 e. The van der Waals surface area contributed by atoms with Crippen LogP contribution in [-0.2, 0) is 0 Å². The molecule has 4 nitrogen and oxygen atoms in total. The smallest absolute Gasteiger partial charge is 0.267 e. The number of nitrogens with zero attached hydrogens (tertiary/aromatic N) is 2. The first-order valence-electron chi connectivity index (χ1n) is 5.04. The molecule has 0 radical (unpaired) electrons. The molecule has 0 atom stereocenters. The van der Waals surface area contributed by atoms with Crippen LogP contribution in [0.15, 0.2) is 41.1 Å². The van der Waals surface area contributed by atoms with Crippen molar-refractivity contribution >= 4 is 23.5 Å². The predicted octanol–water partition coefficient (Wildman–Crippen LogP) is 2.22. The van der Waals surface area contributed by atoms with E-state index in [0.717, 1.165) is 10.4 Å². The van der Waals surface area contributed by atoms with Crippen molar-refractivity contribution in [3.8, 4) is 0 Å². The van der Waals surface area contributed by atoms with Crippen molar-refractivity contribution in [2.45, 2.75) is 6.92 Å². The molecule has 2 aromatic heterocycles. The Morgan fingerprint density at radius 3 is 2.88 bits per heavy atom. The van der Waals surface area contributed by atoms with Gasteiger partial charge in [-0.15, -0.1) is 11.3 Å². The SMILES string of the molecule is Cc1cc(C(=O)NN=Cc2ccncc2)cs1. The number of pyridine rings is 1. The molecule has 0 aromatic carbocycles. The summed E-state index contributed by atoms with van der Waals surface area (Å²) in [6.45, 7) is 1.96.